The Morgan fingerprint density at radius 2 is 2.30 bits per heavy atom. The lowest BCUT2D eigenvalue weighted by Crippen LogP contribution is -2.44. The van der Waals surface area contributed by atoms with Crippen LogP contribution in [0.3, 0.4) is 0 Å². The molecule has 0 amide bonds. The van der Waals surface area contributed by atoms with Crippen LogP contribution in [0.2, 0.25) is 0 Å². The zero-order valence-corrected chi connectivity index (χ0v) is 6.52. The van der Waals surface area contributed by atoms with Gasteiger partial charge in [0.25, 0.3) is 0 Å². The first-order chi connectivity index (χ1) is 4.81. The molecule has 0 aromatic heterocycles. The molecule has 1 fully saturated rings. The van der Waals surface area contributed by atoms with Crippen molar-refractivity contribution in [1.82, 2.24) is 0 Å². The number of rotatable bonds is 0. The summed E-state index contributed by atoms with van der Waals surface area (Å²) >= 11 is 0. The van der Waals surface area contributed by atoms with Crippen molar-refractivity contribution in [2.45, 2.75) is 38.2 Å². The predicted molar refractivity (Wildman–Crippen MR) is 40.9 cm³/mol. The molecule has 1 aliphatic carbocycles. The van der Waals surface area contributed by atoms with Crippen LogP contribution in [-0.2, 0) is 4.74 Å². The number of hydrogen-bond donors (Lipinski definition) is 0. The summed E-state index contributed by atoms with van der Waals surface area (Å²) in [5.74, 6) is 0. The van der Waals surface area contributed by atoms with E-state index < -0.39 is 0 Å². The van der Waals surface area contributed by atoms with E-state index in [9.17, 15) is 0 Å². The maximum atomic E-state index is 5.56. The van der Waals surface area contributed by atoms with E-state index >= 15 is 0 Å². The van der Waals surface area contributed by atoms with Crippen LogP contribution in [0.1, 0.15) is 32.6 Å². The fourth-order valence-electron chi connectivity index (χ4n) is 1.74. The smallest absolute Gasteiger partial charge is 0.0741 e. The molecule has 2 aliphatic rings. The normalized spacial score (nSPS) is 39.1. The molecule has 0 aromatic rings. The molecule has 0 N–H and O–H groups in total. The summed E-state index contributed by atoms with van der Waals surface area (Å²) in [6.07, 6.45) is 7.30. The highest BCUT2D eigenvalue weighted by Crippen LogP contribution is 2.39. The molecule has 1 spiro atoms. The van der Waals surface area contributed by atoms with Gasteiger partial charge in [0.1, 0.15) is 0 Å². The van der Waals surface area contributed by atoms with Crippen molar-refractivity contribution in [2.24, 2.45) is 0 Å². The third-order valence-corrected chi connectivity index (χ3v) is 2.76. The van der Waals surface area contributed by atoms with Gasteiger partial charge in [-0.2, -0.15) is 0 Å². The molecule has 0 saturated carbocycles. The van der Waals surface area contributed by atoms with Gasteiger partial charge in [-0.1, -0.05) is 11.6 Å². The van der Waals surface area contributed by atoms with E-state index in [1.54, 1.807) is 5.57 Å². The molecule has 0 bridgehead atoms. The first-order valence-electron chi connectivity index (χ1n) is 4.10. The van der Waals surface area contributed by atoms with E-state index in [0.29, 0.717) is 5.60 Å². The average molecular weight is 138 g/mol. The first kappa shape index (κ1) is 6.41. The van der Waals surface area contributed by atoms with Crippen LogP contribution in [0.4, 0.5) is 0 Å². The largest absolute Gasteiger partial charge is 0.374 e. The summed E-state index contributed by atoms with van der Waals surface area (Å²) in [7, 11) is 0. The van der Waals surface area contributed by atoms with Crippen molar-refractivity contribution in [1.29, 1.82) is 0 Å². The lowest BCUT2D eigenvalue weighted by atomic mass is 9.80. The molecule has 0 aromatic carbocycles. The van der Waals surface area contributed by atoms with Gasteiger partial charge in [-0.3, -0.25) is 0 Å². The second kappa shape index (κ2) is 2.09. The zero-order chi connectivity index (χ0) is 7.03. The molecular weight excluding hydrogens is 124 g/mol. The van der Waals surface area contributed by atoms with Crippen LogP contribution < -0.4 is 0 Å². The van der Waals surface area contributed by atoms with Crippen molar-refractivity contribution in [3.05, 3.63) is 11.6 Å². The fourth-order valence-corrected chi connectivity index (χ4v) is 1.74. The predicted octanol–water partition coefficient (Wildman–Crippen LogP) is 2.28. The highest BCUT2D eigenvalue weighted by Gasteiger charge is 2.38. The van der Waals surface area contributed by atoms with Gasteiger partial charge in [-0.05, 0) is 26.2 Å². The van der Waals surface area contributed by atoms with Gasteiger partial charge in [0.05, 0.1) is 12.2 Å². The Bertz CT molecular complexity index is 166. The number of allylic oxidation sites excluding steroid dienone is 1. The van der Waals surface area contributed by atoms with Crippen molar-refractivity contribution in [2.75, 3.05) is 6.61 Å². The second-order valence-corrected chi connectivity index (χ2v) is 3.54. The second-order valence-electron chi connectivity index (χ2n) is 3.54. The molecule has 1 nitrogen and oxygen atoms in total. The van der Waals surface area contributed by atoms with E-state index in [0.717, 1.165) is 6.61 Å². The van der Waals surface area contributed by atoms with Gasteiger partial charge in [-0.15, -0.1) is 0 Å². The maximum Gasteiger partial charge on any atom is 0.0741 e. The summed E-state index contributed by atoms with van der Waals surface area (Å²) in [6.45, 7) is 3.21. The van der Waals surface area contributed by atoms with Crippen LogP contribution in [0.5, 0.6) is 0 Å². The molecule has 1 atom stereocenters. The molecule has 2 rings (SSSR count). The monoisotopic (exact) mass is 138 g/mol. The topological polar surface area (TPSA) is 9.23 Å². The molecular formula is C9H14O. The summed E-state index contributed by atoms with van der Waals surface area (Å²) in [4.78, 5) is 0. The molecule has 1 unspecified atom stereocenters. The van der Waals surface area contributed by atoms with Crippen molar-refractivity contribution in [3.63, 3.8) is 0 Å². The Labute approximate surface area is 62.1 Å². The van der Waals surface area contributed by atoms with E-state index in [4.69, 9.17) is 4.74 Å². The highest BCUT2D eigenvalue weighted by atomic mass is 16.5. The lowest BCUT2D eigenvalue weighted by Gasteiger charge is -2.43. The summed E-state index contributed by atoms with van der Waals surface area (Å²) < 4.78 is 5.56. The van der Waals surface area contributed by atoms with E-state index in [1.165, 1.54) is 25.7 Å². The Morgan fingerprint density at radius 3 is 2.70 bits per heavy atom. The Kier molecular flexibility index (Phi) is 1.34. The molecule has 0 radical (unpaired) electrons. The Hall–Kier alpha value is -0.300. The Balaban J connectivity index is 2.04. The minimum absolute atomic E-state index is 0.305. The molecule has 1 heterocycles. The third kappa shape index (κ3) is 0.891. The SMILES string of the molecule is CC1=CCC2(CCO2)CC1. The number of ether oxygens (including phenoxy) is 1. The van der Waals surface area contributed by atoms with Crippen LogP contribution in [0, 0.1) is 0 Å². The van der Waals surface area contributed by atoms with E-state index in [2.05, 4.69) is 13.0 Å². The molecule has 1 aliphatic heterocycles. The van der Waals surface area contributed by atoms with Crippen LogP contribution in [-0.4, -0.2) is 12.2 Å². The van der Waals surface area contributed by atoms with Gasteiger partial charge >= 0.3 is 0 Å². The summed E-state index contributed by atoms with van der Waals surface area (Å²) in [5, 5.41) is 0. The minimum Gasteiger partial charge on any atom is -0.374 e. The van der Waals surface area contributed by atoms with E-state index in [-0.39, 0.29) is 0 Å². The summed E-state index contributed by atoms with van der Waals surface area (Å²) in [5.41, 5.74) is 1.85. The minimum atomic E-state index is 0.305. The van der Waals surface area contributed by atoms with Crippen molar-refractivity contribution >= 4 is 0 Å². The van der Waals surface area contributed by atoms with Crippen molar-refractivity contribution < 1.29 is 4.74 Å². The van der Waals surface area contributed by atoms with Crippen LogP contribution >= 0.6 is 0 Å². The average Bonchev–Trinajstić information content (AvgIpc) is 1.86. The maximum absolute atomic E-state index is 5.56. The third-order valence-electron chi connectivity index (χ3n) is 2.76. The van der Waals surface area contributed by atoms with Crippen LogP contribution in [0.15, 0.2) is 11.6 Å². The van der Waals surface area contributed by atoms with Gasteiger partial charge in [0, 0.05) is 6.42 Å². The first-order valence-corrected chi connectivity index (χ1v) is 4.10. The standard InChI is InChI=1S/C9H14O/c1-8-2-4-9(5-3-8)6-7-10-9/h2H,3-7H2,1H3. The van der Waals surface area contributed by atoms with Gasteiger partial charge < -0.3 is 4.74 Å². The molecule has 1 saturated heterocycles. The summed E-state index contributed by atoms with van der Waals surface area (Å²) in [6, 6.07) is 0. The number of hydrogen-bond acceptors (Lipinski definition) is 1. The van der Waals surface area contributed by atoms with Crippen LogP contribution in [0.25, 0.3) is 0 Å². The zero-order valence-electron chi connectivity index (χ0n) is 6.52. The lowest BCUT2D eigenvalue weighted by molar-refractivity contribution is -0.151. The van der Waals surface area contributed by atoms with Gasteiger partial charge in [-0.25, -0.2) is 0 Å². The van der Waals surface area contributed by atoms with Crippen molar-refractivity contribution in [3.8, 4) is 0 Å². The molecule has 56 valence electrons. The fraction of sp³-hybridized carbons (Fsp3) is 0.778. The Morgan fingerprint density at radius 1 is 1.50 bits per heavy atom. The molecule has 1 heteroatoms. The van der Waals surface area contributed by atoms with Gasteiger partial charge in [0.15, 0.2) is 0 Å². The van der Waals surface area contributed by atoms with Gasteiger partial charge in [0.2, 0.25) is 0 Å². The quantitative estimate of drug-likeness (QED) is 0.466. The molecule has 10 heavy (non-hydrogen) atoms. The van der Waals surface area contributed by atoms with E-state index in [1.807, 2.05) is 0 Å². The highest BCUT2D eigenvalue weighted by molar-refractivity contribution is 5.10.